The topological polar surface area (TPSA) is 21.1 Å². The molecule has 0 radical (unpaired) electrons. The van der Waals surface area contributed by atoms with Crippen LogP contribution in [0.2, 0.25) is 0 Å². The lowest BCUT2D eigenvalue weighted by molar-refractivity contribution is 0.653. The fraction of sp³-hybridized carbons (Fsp3) is 0.0862. The van der Waals surface area contributed by atoms with Crippen LogP contribution in [0.5, 0.6) is 0 Å². The fourth-order valence-electron chi connectivity index (χ4n) is 9.95. The number of hydrogen-bond donors (Lipinski definition) is 0. The van der Waals surface area contributed by atoms with Crippen molar-refractivity contribution in [3.05, 3.63) is 223 Å². The van der Waals surface area contributed by atoms with E-state index in [-0.39, 0.29) is 5.41 Å². The third kappa shape index (κ3) is 5.99. The van der Waals surface area contributed by atoms with Gasteiger partial charge in [0.25, 0.3) is 0 Å². The summed E-state index contributed by atoms with van der Waals surface area (Å²) < 4.78 is 2.39. The van der Waals surface area contributed by atoms with Gasteiger partial charge in [0.1, 0.15) is 0 Å². The van der Waals surface area contributed by atoms with E-state index in [1.165, 1.54) is 66.0 Å². The summed E-state index contributed by atoms with van der Waals surface area (Å²) in [6.07, 6.45) is 4.51. The quantitative estimate of drug-likeness (QED) is 0.143. The Morgan fingerprint density at radius 1 is 0.525 bits per heavy atom. The van der Waals surface area contributed by atoms with Gasteiger partial charge in [0.15, 0.2) is 0 Å². The fourth-order valence-corrected chi connectivity index (χ4v) is 9.95. The zero-order valence-electron chi connectivity index (χ0n) is 34.7. The minimum atomic E-state index is -0.113. The van der Waals surface area contributed by atoms with E-state index < -0.39 is 0 Å². The van der Waals surface area contributed by atoms with E-state index in [0.29, 0.717) is 0 Å². The van der Waals surface area contributed by atoms with Crippen LogP contribution in [0, 0.1) is 0 Å². The summed E-state index contributed by atoms with van der Waals surface area (Å²) in [5, 5.41) is 6.08. The van der Waals surface area contributed by atoms with Crippen molar-refractivity contribution in [3.8, 4) is 28.1 Å². The molecule has 8 aromatic carbocycles. The van der Waals surface area contributed by atoms with Gasteiger partial charge in [0.2, 0.25) is 0 Å². The highest BCUT2D eigenvalue weighted by atomic mass is 15.1. The van der Waals surface area contributed by atoms with E-state index in [1.807, 2.05) is 0 Å². The first-order valence-corrected chi connectivity index (χ1v) is 21.3. The zero-order valence-corrected chi connectivity index (χ0v) is 34.7. The van der Waals surface area contributed by atoms with Gasteiger partial charge in [-0.2, -0.15) is 0 Å². The van der Waals surface area contributed by atoms with Crippen molar-refractivity contribution >= 4 is 60.4 Å². The van der Waals surface area contributed by atoms with E-state index in [0.717, 1.165) is 45.8 Å². The number of anilines is 2. The first-order valence-electron chi connectivity index (χ1n) is 21.3. The molecule has 0 saturated heterocycles. The van der Waals surface area contributed by atoms with Crippen LogP contribution in [-0.2, 0) is 5.41 Å². The highest BCUT2D eigenvalue weighted by molar-refractivity contribution is 6.16. The van der Waals surface area contributed by atoms with Crippen LogP contribution >= 0.6 is 0 Å². The average molecular weight is 784 g/mol. The summed E-state index contributed by atoms with van der Waals surface area (Å²) in [6, 6.07) is 70.5. The second-order valence-corrected chi connectivity index (χ2v) is 16.7. The predicted molar refractivity (Wildman–Crippen MR) is 259 cm³/mol. The predicted octanol–water partition coefficient (Wildman–Crippen LogP) is 15.3. The molecule has 0 bridgehead atoms. The van der Waals surface area contributed by atoms with Crippen molar-refractivity contribution in [2.24, 2.45) is 0 Å². The zero-order chi connectivity index (χ0) is 41.1. The Kier molecular flexibility index (Phi) is 8.79. The number of fused-ring (bicyclic) bond motifs is 7. The summed E-state index contributed by atoms with van der Waals surface area (Å²) >= 11 is 0. The smallest absolute Gasteiger partial charge is 0.0788 e. The minimum absolute atomic E-state index is 0.113. The van der Waals surface area contributed by atoms with Gasteiger partial charge in [-0.3, -0.25) is 0 Å². The summed E-state index contributed by atoms with van der Waals surface area (Å²) in [5.41, 5.74) is 16.7. The SMILES string of the molecule is C/C=C\C1=C(CN(c2ccc(-c3nc4ccccc4c4ccccc34)cc2)c2ccc(-c3cccc4c3c3ccccc3n4-c3ccccc3)cc2)c2ccccc2C1(C)C. The number of pyridine rings is 1. The van der Waals surface area contributed by atoms with Gasteiger partial charge in [-0.1, -0.05) is 166 Å². The van der Waals surface area contributed by atoms with Gasteiger partial charge in [-0.15, -0.1) is 0 Å². The van der Waals surface area contributed by atoms with Crippen molar-refractivity contribution in [2.75, 3.05) is 11.4 Å². The van der Waals surface area contributed by atoms with E-state index >= 15 is 0 Å². The largest absolute Gasteiger partial charge is 0.337 e. The molecule has 0 aliphatic heterocycles. The standard InChI is InChI=1S/C58H45N3/c1-4-17-51-50(46-21-10-13-26-52(46)58(51,2)3)38-60(42-36-32-40(33-37-42)57-48-23-9-8-20-45(48)47-22-11-14-27-53(47)59-57)41-34-30-39(31-35-41)44-25-16-29-55-56(44)49-24-12-15-28-54(49)61(55)43-18-6-5-7-19-43/h4-37H,38H2,1-3H3/b17-4-. The Bertz CT molecular complexity index is 3350. The Morgan fingerprint density at radius 3 is 1.87 bits per heavy atom. The number of aromatic nitrogens is 2. The van der Waals surface area contributed by atoms with Gasteiger partial charge < -0.3 is 9.47 Å². The van der Waals surface area contributed by atoms with Crippen molar-refractivity contribution in [3.63, 3.8) is 0 Å². The number of hydrogen-bond acceptors (Lipinski definition) is 2. The van der Waals surface area contributed by atoms with Crippen molar-refractivity contribution < 1.29 is 0 Å². The van der Waals surface area contributed by atoms with Crippen molar-refractivity contribution in [2.45, 2.75) is 26.2 Å². The lowest BCUT2D eigenvalue weighted by atomic mass is 9.81. The molecule has 2 aromatic heterocycles. The third-order valence-corrected chi connectivity index (χ3v) is 12.8. The molecule has 10 aromatic rings. The molecule has 0 spiro atoms. The second kappa shape index (κ2) is 14.7. The van der Waals surface area contributed by atoms with Crippen LogP contribution in [0.25, 0.3) is 77.1 Å². The first kappa shape index (κ1) is 36.6. The van der Waals surface area contributed by atoms with Crippen LogP contribution in [0.3, 0.4) is 0 Å². The van der Waals surface area contributed by atoms with Crippen LogP contribution in [0.15, 0.2) is 212 Å². The Labute approximate surface area is 357 Å². The number of allylic oxidation sites excluding steroid dienone is 3. The molecule has 0 N–H and O–H groups in total. The molecule has 3 nitrogen and oxygen atoms in total. The third-order valence-electron chi connectivity index (χ3n) is 12.8. The molecule has 0 amide bonds. The molecule has 11 rings (SSSR count). The van der Waals surface area contributed by atoms with Gasteiger partial charge in [-0.25, -0.2) is 4.98 Å². The van der Waals surface area contributed by atoms with Crippen molar-refractivity contribution in [1.29, 1.82) is 0 Å². The Hall–Kier alpha value is -7.49. The lowest BCUT2D eigenvalue weighted by Crippen LogP contribution is -2.20. The number of para-hydroxylation sites is 3. The van der Waals surface area contributed by atoms with Crippen LogP contribution in [-0.4, -0.2) is 16.1 Å². The van der Waals surface area contributed by atoms with E-state index in [4.69, 9.17) is 4.98 Å². The normalized spacial score (nSPS) is 13.6. The molecule has 292 valence electrons. The highest BCUT2D eigenvalue weighted by Crippen LogP contribution is 2.48. The number of rotatable bonds is 8. The molecular weight excluding hydrogens is 739 g/mol. The molecule has 1 aliphatic rings. The second-order valence-electron chi connectivity index (χ2n) is 16.7. The maximum absolute atomic E-state index is 5.23. The average Bonchev–Trinajstić information content (AvgIpc) is 3.76. The molecule has 2 heterocycles. The number of nitrogens with zero attached hydrogens (tertiary/aromatic N) is 3. The molecule has 3 heteroatoms. The monoisotopic (exact) mass is 783 g/mol. The molecular formula is C58H45N3. The highest BCUT2D eigenvalue weighted by Gasteiger charge is 2.36. The van der Waals surface area contributed by atoms with Crippen molar-refractivity contribution in [1.82, 2.24) is 9.55 Å². The number of benzene rings is 8. The van der Waals surface area contributed by atoms with Gasteiger partial charge in [0, 0.05) is 56.1 Å². The van der Waals surface area contributed by atoms with E-state index in [2.05, 4.69) is 237 Å². The molecule has 0 saturated carbocycles. The Morgan fingerprint density at radius 2 is 1.11 bits per heavy atom. The Balaban J connectivity index is 1.05. The summed E-state index contributed by atoms with van der Waals surface area (Å²) in [6.45, 7) is 7.56. The minimum Gasteiger partial charge on any atom is -0.337 e. The molecule has 1 aliphatic carbocycles. The van der Waals surface area contributed by atoms with Crippen LogP contribution < -0.4 is 4.90 Å². The molecule has 0 unspecified atom stereocenters. The summed E-state index contributed by atoms with van der Waals surface area (Å²) in [7, 11) is 0. The lowest BCUT2D eigenvalue weighted by Gasteiger charge is -2.28. The molecule has 61 heavy (non-hydrogen) atoms. The van der Waals surface area contributed by atoms with Gasteiger partial charge in [0.05, 0.1) is 22.2 Å². The maximum Gasteiger partial charge on any atom is 0.0788 e. The van der Waals surface area contributed by atoms with Gasteiger partial charge >= 0.3 is 0 Å². The molecule has 0 atom stereocenters. The van der Waals surface area contributed by atoms with Crippen LogP contribution in [0.1, 0.15) is 31.9 Å². The van der Waals surface area contributed by atoms with Gasteiger partial charge in [-0.05, 0) is 100 Å². The van der Waals surface area contributed by atoms with E-state index in [9.17, 15) is 0 Å². The summed E-state index contributed by atoms with van der Waals surface area (Å²) in [4.78, 5) is 7.71. The van der Waals surface area contributed by atoms with E-state index in [1.54, 1.807) is 0 Å². The summed E-state index contributed by atoms with van der Waals surface area (Å²) in [5.74, 6) is 0. The maximum atomic E-state index is 5.23. The molecule has 0 fully saturated rings. The first-order chi connectivity index (χ1) is 30.0. The van der Waals surface area contributed by atoms with Crippen LogP contribution in [0.4, 0.5) is 11.4 Å².